The number of hydrogen-bond donors (Lipinski definition) is 1. The molecule has 4 heteroatoms. The van der Waals surface area contributed by atoms with Crippen molar-refractivity contribution in [1.82, 2.24) is 5.32 Å². The van der Waals surface area contributed by atoms with E-state index in [9.17, 15) is 4.79 Å². The first-order valence-electron chi connectivity index (χ1n) is 5.29. The van der Waals surface area contributed by atoms with Crippen LogP contribution in [0.15, 0.2) is 24.3 Å². The van der Waals surface area contributed by atoms with Crippen LogP contribution >= 0.6 is 11.6 Å². The summed E-state index contributed by atoms with van der Waals surface area (Å²) in [5, 5.41) is 3.55. The van der Waals surface area contributed by atoms with E-state index in [0.29, 0.717) is 18.1 Å². The van der Waals surface area contributed by atoms with E-state index < -0.39 is 0 Å². The molecule has 1 aromatic rings. The maximum absolute atomic E-state index is 11.5. The van der Waals surface area contributed by atoms with Crippen LogP contribution in [0, 0.1) is 0 Å². The number of rotatable bonds is 1. The van der Waals surface area contributed by atoms with Gasteiger partial charge >= 0.3 is 0 Å². The number of halogens is 1. The molecular weight excluding hydrogens is 224 g/mol. The Balaban J connectivity index is 2.38. The van der Waals surface area contributed by atoms with E-state index in [1.165, 1.54) is 0 Å². The molecule has 3 nitrogen and oxygen atoms in total. The molecule has 0 spiro atoms. The average Bonchev–Trinajstić information content (AvgIpc) is 2.23. The number of carbonyl (C=O) groups excluding carboxylic acids is 1. The van der Waals surface area contributed by atoms with Gasteiger partial charge in [-0.1, -0.05) is 23.7 Å². The van der Waals surface area contributed by atoms with Crippen LogP contribution in [0.3, 0.4) is 0 Å². The van der Waals surface area contributed by atoms with Gasteiger partial charge in [-0.25, -0.2) is 0 Å². The minimum Gasteiger partial charge on any atom is -0.354 e. The molecule has 0 aromatic heterocycles. The molecular formula is C12H15ClN2O. The topological polar surface area (TPSA) is 32.3 Å². The Hall–Kier alpha value is -1.22. The number of anilines is 1. The van der Waals surface area contributed by atoms with Gasteiger partial charge in [0.1, 0.15) is 0 Å². The Morgan fingerprint density at radius 2 is 2.06 bits per heavy atom. The lowest BCUT2D eigenvalue weighted by Gasteiger charge is -2.44. The summed E-state index contributed by atoms with van der Waals surface area (Å²) in [6.07, 6.45) is 0. The van der Waals surface area contributed by atoms with Gasteiger partial charge in [-0.3, -0.25) is 4.79 Å². The zero-order chi connectivity index (χ0) is 11.8. The van der Waals surface area contributed by atoms with Crippen molar-refractivity contribution in [3.05, 3.63) is 29.3 Å². The quantitative estimate of drug-likeness (QED) is 0.812. The summed E-state index contributed by atoms with van der Waals surface area (Å²) < 4.78 is 0. The van der Waals surface area contributed by atoms with Crippen LogP contribution in [-0.4, -0.2) is 24.5 Å². The van der Waals surface area contributed by atoms with Crippen molar-refractivity contribution in [2.24, 2.45) is 0 Å². The molecule has 0 unspecified atom stereocenters. The third kappa shape index (κ3) is 2.00. The lowest BCUT2D eigenvalue weighted by atomic mass is 9.99. The van der Waals surface area contributed by atoms with Crippen LogP contribution in [0.25, 0.3) is 0 Å². The second-order valence-electron chi connectivity index (χ2n) is 4.63. The number of nitrogens with one attached hydrogen (secondary N) is 1. The molecule has 1 aromatic carbocycles. The second kappa shape index (κ2) is 3.98. The summed E-state index contributed by atoms with van der Waals surface area (Å²) in [7, 11) is 0. The Morgan fingerprint density at radius 1 is 1.38 bits per heavy atom. The van der Waals surface area contributed by atoms with E-state index in [-0.39, 0.29) is 11.4 Å². The third-order valence-corrected chi connectivity index (χ3v) is 3.21. The first-order chi connectivity index (χ1) is 7.50. The van der Waals surface area contributed by atoms with Gasteiger partial charge in [-0.15, -0.1) is 0 Å². The fourth-order valence-corrected chi connectivity index (χ4v) is 2.14. The van der Waals surface area contributed by atoms with Gasteiger partial charge in [0.05, 0.1) is 22.8 Å². The van der Waals surface area contributed by atoms with E-state index in [4.69, 9.17) is 11.6 Å². The van der Waals surface area contributed by atoms with E-state index in [0.717, 1.165) is 5.69 Å². The molecule has 0 atom stereocenters. The fraction of sp³-hybridized carbons (Fsp3) is 0.417. The summed E-state index contributed by atoms with van der Waals surface area (Å²) in [5.74, 6) is 0.0410. The van der Waals surface area contributed by atoms with Gasteiger partial charge < -0.3 is 10.2 Å². The van der Waals surface area contributed by atoms with E-state index in [1.807, 2.05) is 29.2 Å². The summed E-state index contributed by atoms with van der Waals surface area (Å²) in [4.78, 5) is 13.5. The number of hydrogen-bond acceptors (Lipinski definition) is 2. The molecule has 1 heterocycles. The predicted octanol–water partition coefficient (Wildman–Crippen LogP) is 2.05. The average molecular weight is 239 g/mol. The number of benzene rings is 1. The second-order valence-corrected chi connectivity index (χ2v) is 5.03. The maximum Gasteiger partial charge on any atom is 0.239 e. The zero-order valence-electron chi connectivity index (χ0n) is 9.46. The van der Waals surface area contributed by atoms with Crippen molar-refractivity contribution >= 4 is 23.2 Å². The highest BCUT2D eigenvalue weighted by atomic mass is 35.5. The van der Waals surface area contributed by atoms with Crippen LogP contribution in [0.1, 0.15) is 13.8 Å². The lowest BCUT2D eigenvalue weighted by Crippen LogP contribution is -2.60. The number of nitrogens with zero attached hydrogens (tertiary/aromatic N) is 1. The molecule has 2 rings (SSSR count). The van der Waals surface area contributed by atoms with Gasteiger partial charge in [0, 0.05) is 6.54 Å². The molecule has 1 aliphatic heterocycles. The van der Waals surface area contributed by atoms with Crippen LogP contribution in [0.2, 0.25) is 5.02 Å². The Labute approximate surface area is 100 Å². The standard InChI is InChI=1S/C12H15ClN2O/c1-12(2)8-14-11(16)7-15(12)10-6-4-3-5-9(10)13/h3-6H,7-8H2,1-2H3,(H,14,16). The van der Waals surface area contributed by atoms with Crippen molar-refractivity contribution < 1.29 is 4.79 Å². The summed E-state index contributed by atoms with van der Waals surface area (Å²) >= 11 is 6.16. The maximum atomic E-state index is 11.5. The molecule has 1 saturated heterocycles. The highest BCUT2D eigenvalue weighted by Gasteiger charge is 2.34. The molecule has 86 valence electrons. The molecule has 0 radical (unpaired) electrons. The Kier molecular flexibility index (Phi) is 2.80. The van der Waals surface area contributed by atoms with Crippen molar-refractivity contribution in [1.29, 1.82) is 0 Å². The number of piperazine rings is 1. The third-order valence-electron chi connectivity index (χ3n) is 2.89. The minimum absolute atomic E-state index is 0.0410. The van der Waals surface area contributed by atoms with E-state index >= 15 is 0 Å². The highest BCUT2D eigenvalue weighted by Crippen LogP contribution is 2.31. The van der Waals surface area contributed by atoms with Crippen LogP contribution in [-0.2, 0) is 4.79 Å². The van der Waals surface area contributed by atoms with Gasteiger partial charge in [0.2, 0.25) is 5.91 Å². The van der Waals surface area contributed by atoms with Gasteiger partial charge in [0.25, 0.3) is 0 Å². The summed E-state index contributed by atoms with van der Waals surface area (Å²) in [5.41, 5.74) is 0.808. The molecule has 0 saturated carbocycles. The van der Waals surface area contributed by atoms with Crippen molar-refractivity contribution in [3.63, 3.8) is 0 Å². The van der Waals surface area contributed by atoms with Crippen molar-refractivity contribution in [2.45, 2.75) is 19.4 Å². The van der Waals surface area contributed by atoms with Crippen LogP contribution in [0.5, 0.6) is 0 Å². The molecule has 0 bridgehead atoms. The Morgan fingerprint density at radius 3 is 2.75 bits per heavy atom. The first-order valence-corrected chi connectivity index (χ1v) is 5.67. The van der Waals surface area contributed by atoms with Crippen molar-refractivity contribution in [3.8, 4) is 0 Å². The van der Waals surface area contributed by atoms with Crippen molar-refractivity contribution in [2.75, 3.05) is 18.0 Å². The van der Waals surface area contributed by atoms with Gasteiger partial charge in [-0.05, 0) is 26.0 Å². The normalized spacial score (nSPS) is 19.4. The Bertz CT molecular complexity index is 417. The predicted molar refractivity (Wildman–Crippen MR) is 65.9 cm³/mol. The van der Waals surface area contributed by atoms with E-state index in [1.54, 1.807) is 0 Å². The molecule has 1 N–H and O–H groups in total. The van der Waals surface area contributed by atoms with Crippen LogP contribution in [0.4, 0.5) is 5.69 Å². The molecule has 1 aliphatic rings. The van der Waals surface area contributed by atoms with E-state index in [2.05, 4.69) is 19.2 Å². The largest absolute Gasteiger partial charge is 0.354 e. The minimum atomic E-state index is -0.112. The molecule has 1 amide bonds. The smallest absolute Gasteiger partial charge is 0.239 e. The summed E-state index contributed by atoms with van der Waals surface area (Å²) in [6, 6.07) is 7.62. The lowest BCUT2D eigenvalue weighted by molar-refractivity contribution is -0.121. The SMILES string of the molecule is CC1(C)CNC(=O)CN1c1ccccc1Cl. The van der Waals surface area contributed by atoms with Gasteiger partial charge in [-0.2, -0.15) is 0 Å². The number of amides is 1. The summed E-state index contributed by atoms with van der Waals surface area (Å²) in [6.45, 7) is 5.18. The van der Waals surface area contributed by atoms with Gasteiger partial charge in [0.15, 0.2) is 0 Å². The molecule has 1 fully saturated rings. The van der Waals surface area contributed by atoms with Crippen LogP contribution < -0.4 is 10.2 Å². The first kappa shape index (κ1) is 11.3. The number of para-hydroxylation sites is 1. The monoisotopic (exact) mass is 238 g/mol. The molecule has 0 aliphatic carbocycles. The zero-order valence-corrected chi connectivity index (χ0v) is 10.2. The highest BCUT2D eigenvalue weighted by molar-refractivity contribution is 6.33. The molecule has 16 heavy (non-hydrogen) atoms. The number of carbonyl (C=O) groups is 1. The fourth-order valence-electron chi connectivity index (χ4n) is 1.91.